The number of pyridine rings is 1. The molecule has 0 aromatic carbocycles. The first-order chi connectivity index (χ1) is 9.29. The number of nitrogens with zero attached hydrogens (tertiary/aromatic N) is 1. The SMILES string of the molecule is O=S(=O)(Oc1ncccc1Cc1cccs1)C(F)(F)F. The standard InChI is InChI=1S/C11H8F3NO3S2/c12-11(13,14)20(16,17)18-10-8(3-1-5-15-10)7-9-4-2-6-19-9/h1-6H,7H2. The summed E-state index contributed by atoms with van der Waals surface area (Å²) in [6, 6.07) is 6.52. The Balaban J connectivity index is 2.29. The van der Waals surface area contributed by atoms with Gasteiger partial charge in [-0.15, -0.1) is 11.3 Å². The van der Waals surface area contributed by atoms with E-state index in [-0.39, 0.29) is 12.0 Å². The summed E-state index contributed by atoms with van der Waals surface area (Å²) >= 11 is 1.39. The Morgan fingerprint density at radius 3 is 2.60 bits per heavy atom. The topological polar surface area (TPSA) is 56.3 Å². The second kappa shape index (κ2) is 5.41. The lowest BCUT2D eigenvalue weighted by atomic mass is 10.2. The van der Waals surface area contributed by atoms with Crippen LogP contribution in [0.25, 0.3) is 0 Å². The molecular formula is C11H8F3NO3S2. The van der Waals surface area contributed by atoms with E-state index in [4.69, 9.17) is 0 Å². The van der Waals surface area contributed by atoms with E-state index in [2.05, 4.69) is 9.17 Å². The highest BCUT2D eigenvalue weighted by Crippen LogP contribution is 2.28. The largest absolute Gasteiger partial charge is 0.534 e. The van der Waals surface area contributed by atoms with Gasteiger partial charge in [0.05, 0.1) is 0 Å². The monoisotopic (exact) mass is 323 g/mol. The van der Waals surface area contributed by atoms with Gasteiger partial charge in [-0.25, -0.2) is 4.98 Å². The van der Waals surface area contributed by atoms with Gasteiger partial charge in [0.25, 0.3) is 0 Å². The Morgan fingerprint density at radius 1 is 1.25 bits per heavy atom. The zero-order valence-electron chi connectivity index (χ0n) is 9.79. The van der Waals surface area contributed by atoms with Crippen LogP contribution in [0.3, 0.4) is 0 Å². The first-order valence-corrected chi connectivity index (χ1v) is 7.55. The zero-order chi connectivity index (χ0) is 14.8. The molecule has 0 unspecified atom stereocenters. The fourth-order valence-electron chi connectivity index (χ4n) is 1.39. The van der Waals surface area contributed by atoms with E-state index in [1.165, 1.54) is 29.7 Å². The Hall–Kier alpha value is -1.61. The molecule has 0 atom stereocenters. The lowest BCUT2D eigenvalue weighted by Crippen LogP contribution is -2.28. The van der Waals surface area contributed by atoms with Crippen LogP contribution in [0.5, 0.6) is 5.88 Å². The summed E-state index contributed by atoms with van der Waals surface area (Å²) in [5.41, 5.74) is -5.21. The van der Waals surface area contributed by atoms with Crippen LogP contribution >= 0.6 is 11.3 Å². The second-order valence-corrected chi connectivity index (χ2v) is 6.28. The molecule has 0 aliphatic heterocycles. The van der Waals surface area contributed by atoms with Gasteiger partial charge in [0.1, 0.15) is 0 Å². The lowest BCUT2D eigenvalue weighted by Gasteiger charge is -2.11. The van der Waals surface area contributed by atoms with Crippen molar-refractivity contribution >= 4 is 21.5 Å². The maximum absolute atomic E-state index is 12.3. The molecule has 0 radical (unpaired) electrons. The Kier molecular flexibility index (Phi) is 4.00. The van der Waals surface area contributed by atoms with Crippen LogP contribution in [0.2, 0.25) is 0 Å². The molecule has 0 saturated heterocycles. The minimum atomic E-state index is -5.71. The van der Waals surface area contributed by atoms with Crippen LogP contribution in [-0.4, -0.2) is 18.9 Å². The third-order valence-electron chi connectivity index (χ3n) is 2.27. The highest BCUT2D eigenvalue weighted by atomic mass is 32.2. The normalized spacial score (nSPS) is 12.3. The van der Waals surface area contributed by atoms with Crippen LogP contribution < -0.4 is 4.18 Å². The molecule has 0 N–H and O–H groups in total. The number of hydrogen-bond acceptors (Lipinski definition) is 5. The molecule has 4 nitrogen and oxygen atoms in total. The molecule has 2 heterocycles. The van der Waals surface area contributed by atoms with Crippen molar-refractivity contribution in [3.63, 3.8) is 0 Å². The van der Waals surface area contributed by atoms with Gasteiger partial charge in [0, 0.05) is 23.1 Å². The second-order valence-electron chi connectivity index (χ2n) is 3.71. The molecule has 0 saturated carbocycles. The molecule has 0 amide bonds. The van der Waals surface area contributed by atoms with E-state index in [0.29, 0.717) is 0 Å². The fourth-order valence-corrected chi connectivity index (χ4v) is 2.57. The van der Waals surface area contributed by atoms with Crippen molar-refractivity contribution in [2.75, 3.05) is 0 Å². The third-order valence-corrected chi connectivity index (χ3v) is 4.09. The van der Waals surface area contributed by atoms with Crippen molar-refractivity contribution in [3.8, 4) is 5.88 Å². The molecule has 0 bridgehead atoms. The predicted octanol–water partition coefficient (Wildman–Crippen LogP) is 2.96. The Labute approximate surface area is 117 Å². The van der Waals surface area contributed by atoms with Crippen molar-refractivity contribution in [1.82, 2.24) is 4.98 Å². The summed E-state index contributed by atoms with van der Waals surface area (Å²) in [6.45, 7) is 0. The van der Waals surface area contributed by atoms with E-state index < -0.39 is 21.5 Å². The van der Waals surface area contributed by atoms with E-state index in [9.17, 15) is 21.6 Å². The number of halogens is 3. The molecule has 2 aromatic heterocycles. The number of alkyl halides is 3. The molecule has 0 aliphatic carbocycles. The number of rotatable bonds is 4. The quantitative estimate of drug-likeness (QED) is 0.641. The van der Waals surface area contributed by atoms with Crippen molar-refractivity contribution in [2.24, 2.45) is 0 Å². The Morgan fingerprint density at radius 2 is 2.00 bits per heavy atom. The van der Waals surface area contributed by atoms with Crippen molar-refractivity contribution in [2.45, 2.75) is 11.9 Å². The number of hydrogen-bond donors (Lipinski definition) is 0. The molecule has 0 fully saturated rings. The van der Waals surface area contributed by atoms with Gasteiger partial charge >= 0.3 is 15.6 Å². The van der Waals surface area contributed by atoms with E-state index in [0.717, 1.165) is 4.88 Å². The first-order valence-electron chi connectivity index (χ1n) is 5.26. The van der Waals surface area contributed by atoms with E-state index in [1.54, 1.807) is 17.5 Å². The van der Waals surface area contributed by atoms with Crippen molar-refractivity contribution in [3.05, 3.63) is 46.3 Å². The van der Waals surface area contributed by atoms with Gasteiger partial charge in [0.15, 0.2) is 0 Å². The van der Waals surface area contributed by atoms with Gasteiger partial charge in [0.2, 0.25) is 5.88 Å². The summed E-state index contributed by atoms with van der Waals surface area (Å²) < 4.78 is 62.9. The summed E-state index contributed by atoms with van der Waals surface area (Å²) in [7, 11) is -5.71. The third kappa shape index (κ3) is 3.28. The predicted molar refractivity (Wildman–Crippen MR) is 67.0 cm³/mol. The van der Waals surface area contributed by atoms with Crippen LogP contribution in [0, 0.1) is 0 Å². The van der Waals surface area contributed by atoms with Crippen LogP contribution in [0.4, 0.5) is 13.2 Å². The Bertz CT molecular complexity index is 681. The average Bonchev–Trinajstić information content (AvgIpc) is 2.82. The smallest absolute Gasteiger partial charge is 0.355 e. The van der Waals surface area contributed by atoms with Crippen molar-refractivity contribution < 1.29 is 25.8 Å². The van der Waals surface area contributed by atoms with Gasteiger partial charge < -0.3 is 4.18 Å². The van der Waals surface area contributed by atoms with Crippen LogP contribution in [0.15, 0.2) is 35.8 Å². The van der Waals surface area contributed by atoms with Crippen molar-refractivity contribution in [1.29, 1.82) is 0 Å². The van der Waals surface area contributed by atoms with Crippen LogP contribution in [-0.2, 0) is 16.5 Å². The van der Waals surface area contributed by atoms with Crippen LogP contribution in [0.1, 0.15) is 10.4 Å². The number of aromatic nitrogens is 1. The van der Waals surface area contributed by atoms with Gasteiger partial charge in [-0.05, 0) is 17.5 Å². The van der Waals surface area contributed by atoms with Gasteiger partial charge in [-0.3, -0.25) is 0 Å². The molecule has 0 spiro atoms. The maximum Gasteiger partial charge on any atom is 0.534 e. The molecular weight excluding hydrogens is 315 g/mol. The molecule has 20 heavy (non-hydrogen) atoms. The molecule has 2 aromatic rings. The average molecular weight is 323 g/mol. The summed E-state index contributed by atoms with van der Waals surface area (Å²) in [5, 5.41) is 1.80. The minimum Gasteiger partial charge on any atom is -0.355 e. The maximum atomic E-state index is 12.3. The molecule has 9 heteroatoms. The van der Waals surface area contributed by atoms with Gasteiger partial charge in [-0.2, -0.15) is 21.6 Å². The summed E-state index contributed by atoms with van der Waals surface area (Å²) in [6.07, 6.45) is 1.41. The minimum absolute atomic E-state index is 0.244. The van der Waals surface area contributed by atoms with Gasteiger partial charge in [-0.1, -0.05) is 12.1 Å². The molecule has 0 aliphatic rings. The lowest BCUT2D eigenvalue weighted by molar-refractivity contribution is -0.0501. The first kappa shape index (κ1) is 14.8. The highest BCUT2D eigenvalue weighted by Gasteiger charge is 2.49. The summed E-state index contributed by atoms with van der Waals surface area (Å²) in [5.74, 6) is -0.557. The van der Waals surface area contributed by atoms with E-state index >= 15 is 0 Å². The zero-order valence-corrected chi connectivity index (χ0v) is 11.4. The number of thiophene rings is 1. The molecule has 108 valence electrons. The summed E-state index contributed by atoms with van der Waals surface area (Å²) in [4.78, 5) is 4.42. The molecule has 2 rings (SSSR count). The van der Waals surface area contributed by atoms with E-state index in [1.807, 2.05) is 0 Å². The highest BCUT2D eigenvalue weighted by molar-refractivity contribution is 7.87. The fraction of sp³-hybridized carbons (Fsp3) is 0.182.